The third-order valence-corrected chi connectivity index (χ3v) is 11.0. The molecule has 7 nitrogen and oxygen atoms in total. The van der Waals surface area contributed by atoms with Crippen LogP contribution in [0.4, 0.5) is 23.2 Å². The second-order valence-corrected chi connectivity index (χ2v) is 15.0. The Balaban J connectivity index is 1.61. The number of hydrogen-bond donors (Lipinski definition) is 0. The van der Waals surface area contributed by atoms with Crippen LogP contribution in [0, 0.1) is 22.5 Å². The van der Waals surface area contributed by atoms with Crippen LogP contribution in [0.25, 0.3) is 11.1 Å². The zero-order chi connectivity index (χ0) is 33.7. The molecule has 2 fully saturated rings. The molecule has 0 radical (unpaired) electrons. The Morgan fingerprint density at radius 1 is 0.913 bits per heavy atom. The van der Waals surface area contributed by atoms with Gasteiger partial charge in [-0.3, -0.25) is 13.9 Å². The lowest BCUT2D eigenvalue weighted by Gasteiger charge is -2.31. The van der Waals surface area contributed by atoms with E-state index in [0.717, 1.165) is 30.3 Å². The van der Waals surface area contributed by atoms with Crippen molar-refractivity contribution in [2.45, 2.75) is 69.8 Å². The molecule has 0 saturated heterocycles. The molecule has 0 atom stereocenters. The molecule has 2 saturated carbocycles. The number of nitrogens with zero attached hydrogens (tertiary/aromatic N) is 1. The molecule has 0 amide bonds. The molecule has 0 N–H and O–H groups in total. The van der Waals surface area contributed by atoms with Gasteiger partial charge in [-0.1, -0.05) is 39.0 Å². The molecule has 0 spiro atoms. The van der Waals surface area contributed by atoms with Crippen molar-refractivity contribution in [2.24, 2.45) is 10.8 Å². The van der Waals surface area contributed by atoms with E-state index < -0.39 is 74.2 Å². The lowest BCUT2D eigenvalue weighted by molar-refractivity contribution is -0.152. The van der Waals surface area contributed by atoms with Crippen LogP contribution in [0.15, 0.2) is 65.6 Å². The minimum atomic E-state index is -4.59. The number of ether oxygens (including phenoxy) is 2. The quantitative estimate of drug-likeness (QED) is 0.166. The summed E-state index contributed by atoms with van der Waals surface area (Å²) >= 11 is 0. The van der Waals surface area contributed by atoms with Crippen molar-refractivity contribution in [3.63, 3.8) is 0 Å². The summed E-state index contributed by atoms with van der Waals surface area (Å²) in [5, 5.41) is 0. The summed E-state index contributed by atoms with van der Waals surface area (Å²) < 4.78 is 94.7. The van der Waals surface area contributed by atoms with Gasteiger partial charge in [0, 0.05) is 11.5 Å². The van der Waals surface area contributed by atoms with Crippen molar-refractivity contribution in [1.82, 2.24) is 0 Å². The molecule has 0 unspecified atom stereocenters. The van der Waals surface area contributed by atoms with E-state index in [-0.39, 0.29) is 22.4 Å². The number of rotatable bonds is 10. The molecule has 5 rings (SSSR count). The number of ketones is 1. The molecular formula is C34H35F4NO6S. The van der Waals surface area contributed by atoms with Crippen molar-refractivity contribution in [3.05, 3.63) is 77.9 Å². The zero-order valence-corrected chi connectivity index (χ0v) is 26.7. The molecule has 0 heterocycles. The molecule has 3 aromatic carbocycles. The van der Waals surface area contributed by atoms with E-state index in [9.17, 15) is 31.2 Å². The Bertz CT molecular complexity index is 1780. The van der Waals surface area contributed by atoms with Crippen LogP contribution in [0.3, 0.4) is 0 Å². The molecule has 12 heteroatoms. The highest BCUT2D eigenvalue weighted by molar-refractivity contribution is 7.92. The van der Waals surface area contributed by atoms with E-state index in [0.29, 0.717) is 35.6 Å². The summed E-state index contributed by atoms with van der Waals surface area (Å²) in [7, 11) is -3.30. The first kappa shape index (κ1) is 33.4. The Hall–Kier alpha value is -3.93. The van der Waals surface area contributed by atoms with Crippen molar-refractivity contribution >= 4 is 27.5 Å². The fourth-order valence-electron chi connectivity index (χ4n) is 6.71. The van der Waals surface area contributed by atoms with E-state index in [1.165, 1.54) is 25.3 Å². The van der Waals surface area contributed by atoms with E-state index in [1.54, 1.807) is 12.1 Å². The third kappa shape index (κ3) is 6.23. The molecule has 246 valence electrons. The maximum Gasteiger partial charge on any atom is 0.387 e. The smallest absolute Gasteiger partial charge is 0.387 e. The lowest BCUT2D eigenvalue weighted by atomic mass is 9.79. The van der Waals surface area contributed by atoms with Gasteiger partial charge in [0.05, 0.1) is 29.7 Å². The van der Waals surface area contributed by atoms with Crippen LogP contribution in [-0.4, -0.2) is 40.4 Å². The number of fused-ring (bicyclic) bond motifs is 2. The number of sulfonamides is 1. The average Bonchev–Trinajstić information content (AvgIpc) is 3.58. The van der Waals surface area contributed by atoms with Crippen LogP contribution in [-0.2, 0) is 29.8 Å². The number of Topliss-reactive ketones (excluding diaryl/α,β-unsaturated/α-hetero) is 1. The van der Waals surface area contributed by atoms with Gasteiger partial charge >= 0.3 is 12.6 Å². The van der Waals surface area contributed by atoms with Gasteiger partial charge in [-0.15, -0.1) is 0 Å². The normalized spacial score (nSPS) is 21.0. The highest BCUT2D eigenvalue weighted by Crippen LogP contribution is 2.62. The molecule has 46 heavy (non-hydrogen) atoms. The molecule has 0 aromatic heterocycles. The van der Waals surface area contributed by atoms with Crippen molar-refractivity contribution in [3.8, 4) is 16.9 Å². The van der Waals surface area contributed by atoms with Crippen LogP contribution in [0.2, 0.25) is 0 Å². The highest BCUT2D eigenvalue weighted by Gasteiger charge is 2.61. The van der Waals surface area contributed by atoms with Gasteiger partial charge in [-0.25, -0.2) is 17.2 Å². The number of carbonyl (C=O) groups is 2. The zero-order valence-electron chi connectivity index (χ0n) is 25.9. The van der Waals surface area contributed by atoms with Crippen molar-refractivity contribution in [2.75, 3.05) is 18.0 Å². The molecule has 2 aliphatic carbocycles. The van der Waals surface area contributed by atoms with Gasteiger partial charge in [0.1, 0.15) is 17.4 Å². The van der Waals surface area contributed by atoms with E-state index in [4.69, 9.17) is 4.74 Å². The second-order valence-electron chi connectivity index (χ2n) is 13.2. The van der Waals surface area contributed by atoms with Crippen molar-refractivity contribution in [1.29, 1.82) is 0 Å². The topological polar surface area (TPSA) is 90.0 Å². The number of anilines is 1. The molecule has 3 aromatic rings. The van der Waals surface area contributed by atoms with E-state index in [1.807, 2.05) is 20.8 Å². The predicted molar refractivity (Wildman–Crippen MR) is 163 cm³/mol. The monoisotopic (exact) mass is 661 g/mol. The Labute approximate surface area is 265 Å². The fraction of sp³-hybridized carbons (Fsp3) is 0.412. The molecule has 0 aliphatic heterocycles. The fourth-order valence-corrected chi connectivity index (χ4v) is 8.18. The minimum Gasteiger partial charge on any atom is -0.469 e. The maximum absolute atomic E-state index is 15.7. The molecule has 2 bridgehead atoms. The summed E-state index contributed by atoms with van der Waals surface area (Å²) in [6, 6.07) is 12.4. The SMILES string of the molecule is COC(=O)C12CCC(C(=O)CN(c3cc(-c4cc(F)cc(OC(F)F)c4)ccc3F)S(=O)(=O)c3cccc(C(C)(C)C)c3)(CC1)C2. The summed E-state index contributed by atoms with van der Waals surface area (Å²) in [4.78, 5) is 26.6. The number of halogens is 4. The number of alkyl halides is 2. The standard InChI is InChI=1S/C34H35F4NO6S/c1-32(2,3)23-6-5-7-26(17-23)46(42,43)39(19-29(40)33-10-12-34(20-33,13-11-33)30(41)44-4)28-16-21(8-9-27(28)36)22-14-24(35)18-25(15-22)45-31(37)38/h5-9,14-18,31H,10-13,19-20H2,1-4H3. The van der Waals surface area contributed by atoms with Crippen LogP contribution in [0.5, 0.6) is 5.75 Å². The first-order valence-electron chi connectivity index (χ1n) is 14.8. The van der Waals surface area contributed by atoms with E-state index in [2.05, 4.69) is 4.74 Å². The third-order valence-electron chi connectivity index (χ3n) is 9.27. The molecular weight excluding hydrogens is 626 g/mol. The van der Waals surface area contributed by atoms with Crippen LogP contribution in [0.1, 0.15) is 58.4 Å². The molecule has 2 aliphatic rings. The van der Waals surface area contributed by atoms with Gasteiger partial charge in [-0.05, 0) is 90.6 Å². The number of benzene rings is 3. The Morgan fingerprint density at radius 3 is 2.22 bits per heavy atom. The predicted octanol–water partition coefficient (Wildman–Crippen LogP) is 7.42. The van der Waals surface area contributed by atoms with Gasteiger partial charge in [-0.2, -0.15) is 8.78 Å². The Kier molecular flexibility index (Phi) is 8.74. The van der Waals surface area contributed by atoms with Gasteiger partial charge in [0.2, 0.25) is 0 Å². The van der Waals surface area contributed by atoms with E-state index >= 15 is 4.39 Å². The largest absolute Gasteiger partial charge is 0.469 e. The number of methoxy groups -OCH3 is 1. The minimum absolute atomic E-state index is 0.0170. The average molecular weight is 662 g/mol. The summed E-state index contributed by atoms with van der Waals surface area (Å²) in [6.45, 7) is 1.75. The maximum atomic E-state index is 15.7. The summed E-state index contributed by atoms with van der Waals surface area (Å²) in [5.74, 6) is -3.24. The highest BCUT2D eigenvalue weighted by atomic mass is 32.2. The number of esters is 1. The summed E-state index contributed by atoms with van der Waals surface area (Å²) in [6.07, 6.45) is 1.74. The first-order chi connectivity index (χ1) is 21.5. The van der Waals surface area contributed by atoms with Gasteiger partial charge in [0.15, 0.2) is 5.78 Å². The second kappa shape index (κ2) is 12.0. The van der Waals surface area contributed by atoms with Gasteiger partial charge in [0.25, 0.3) is 10.0 Å². The van der Waals surface area contributed by atoms with Crippen molar-refractivity contribution < 1.29 is 45.0 Å². The lowest BCUT2D eigenvalue weighted by Crippen LogP contribution is -2.42. The summed E-state index contributed by atoms with van der Waals surface area (Å²) in [5.41, 5.74) is -1.94. The Morgan fingerprint density at radius 2 is 1.59 bits per heavy atom. The number of hydrogen-bond acceptors (Lipinski definition) is 6. The first-order valence-corrected chi connectivity index (χ1v) is 16.2. The van der Waals surface area contributed by atoms with Crippen LogP contribution >= 0.6 is 0 Å². The van der Waals surface area contributed by atoms with Gasteiger partial charge < -0.3 is 9.47 Å². The number of carbonyl (C=O) groups excluding carboxylic acids is 2. The van der Waals surface area contributed by atoms with Crippen LogP contribution < -0.4 is 9.04 Å².